The van der Waals surface area contributed by atoms with Gasteiger partial charge in [0.05, 0.1) is 19.8 Å². The number of hydrogen-bond acceptors (Lipinski definition) is 5. The Morgan fingerprint density at radius 1 is 1.42 bits per heavy atom. The number of benzene rings is 1. The Labute approximate surface area is 153 Å². The molecule has 7 nitrogen and oxygen atoms in total. The molecule has 1 N–H and O–H groups in total. The highest BCUT2D eigenvalue weighted by molar-refractivity contribution is 5.94. The van der Waals surface area contributed by atoms with E-state index in [4.69, 9.17) is 9.47 Å². The largest absolute Gasteiger partial charge is 0.497 e. The Balaban J connectivity index is 1.49. The predicted octanol–water partition coefficient (Wildman–Crippen LogP) is 1.51. The molecule has 0 saturated carbocycles. The maximum Gasteiger partial charge on any atom is 0.240 e. The van der Waals surface area contributed by atoms with Gasteiger partial charge in [0.25, 0.3) is 0 Å². The Bertz CT molecular complexity index is 689. The zero-order valence-corrected chi connectivity index (χ0v) is 15.1. The molecule has 2 amide bonds. The van der Waals surface area contributed by atoms with E-state index in [1.165, 1.54) is 0 Å². The Kier molecular flexibility index (Phi) is 6.22. The third kappa shape index (κ3) is 5.05. The molecule has 1 aromatic carbocycles. The van der Waals surface area contributed by atoms with Crippen molar-refractivity contribution in [2.24, 2.45) is 5.10 Å². The van der Waals surface area contributed by atoms with Crippen molar-refractivity contribution in [1.82, 2.24) is 10.3 Å². The van der Waals surface area contributed by atoms with Gasteiger partial charge in [-0.3, -0.25) is 9.59 Å². The van der Waals surface area contributed by atoms with Gasteiger partial charge in [-0.15, -0.1) is 0 Å². The van der Waals surface area contributed by atoms with Crippen LogP contribution < -0.4 is 10.2 Å². The Hall–Kier alpha value is -2.41. The summed E-state index contributed by atoms with van der Waals surface area (Å²) < 4.78 is 11.1. The first-order valence-electron chi connectivity index (χ1n) is 9.00. The summed E-state index contributed by atoms with van der Waals surface area (Å²) in [6.45, 7) is 1.77. The van der Waals surface area contributed by atoms with Gasteiger partial charge in [-0.05, 0) is 30.5 Å². The smallest absolute Gasteiger partial charge is 0.240 e. The summed E-state index contributed by atoms with van der Waals surface area (Å²) in [5, 5.41) is 4.02. The van der Waals surface area contributed by atoms with Crippen LogP contribution in [0, 0.1) is 0 Å². The fourth-order valence-corrected chi connectivity index (χ4v) is 3.23. The summed E-state index contributed by atoms with van der Waals surface area (Å²) in [6, 6.07) is 7.92. The first-order valence-corrected chi connectivity index (χ1v) is 9.00. The molecular weight excluding hydrogens is 334 g/mol. The number of morpholine rings is 1. The van der Waals surface area contributed by atoms with Crippen LogP contribution in [-0.4, -0.2) is 55.3 Å². The van der Waals surface area contributed by atoms with Crippen molar-refractivity contribution < 1.29 is 19.1 Å². The molecule has 2 aliphatic rings. The third-order valence-electron chi connectivity index (χ3n) is 4.70. The second kappa shape index (κ2) is 8.80. The molecule has 0 spiro atoms. The zero-order valence-electron chi connectivity index (χ0n) is 15.1. The first kappa shape index (κ1) is 18.4. The summed E-state index contributed by atoms with van der Waals surface area (Å²) in [6.07, 6.45) is 2.84. The molecule has 26 heavy (non-hydrogen) atoms. The molecule has 0 radical (unpaired) electrons. The lowest BCUT2D eigenvalue weighted by Gasteiger charge is -2.33. The summed E-state index contributed by atoms with van der Waals surface area (Å²) in [5.41, 5.74) is 4.50. The van der Waals surface area contributed by atoms with Crippen LogP contribution in [-0.2, 0) is 20.7 Å². The zero-order chi connectivity index (χ0) is 18.4. The van der Waals surface area contributed by atoms with Crippen molar-refractivity contribution >= 4 is 17.5 Å². The van der Waals surface area contributed by atoms with Crippen molar-refractivity contribution in [2.45, 2.75) is 38.2 Å². The van der Waals surface area contributed by atoms with E-state index in [-0.39, 0.29) is 17.9 Å². The molecule has 1 aromatic rings. The van der Waals surface area contributed by atoms with Crippen molar-refractivity contribution in [3.05, 3.63) is 29.8 Å². The van der Waals surface area contributed by atoms with Crippen LogP contribution in [0.1, 0.15) is 31.2 Å². The van der Waals surface area contributed by atoms with Crippen LogP contribution in [0.5, 0.6) is 5.75 Å². The number of methoxy groups -OCH3 is 1. The van der Waals surface area contributed by atoms with Gasteiger partial charge in [-0.2, -0.15) is 5.10 Å². The number of ether oxygens (including phenoxy) is 2. The van der Waals surface area contributed by atoms with E-state index >= 15 is 0 Å². The molecule has 1 saturated heterocycles. The van der Waals surface area contributed by atoms with E-state index in [9.17, 15) is 9.59 Å². The normalized spacial score (nSPS) is 20.3. The number of nitrogens with one attached hydrogen (secondary N) is 1. The number of carbonyl (C=O) groups excluding carboxylic acids is 2. The van der Waals surface area contributed by atoms with Crippen LogP contribution in [0.4, 0.5) is 0 Å². The summed E-state index contributed by atoms with van der Waals surface area (Å²) >= 11 is 0. The van der Waals surface area contributed by atoms with Gasteiger partial charge < -0.3 is 14.4 Å². The standard InChI is InChI=1S/C19H25N3O4/c1-25-16-4-2-3-14(11-16)12-17-13-22(9-10-26-17)19(24)8-6-15-5-7-18(23)21-20-15/h2-4,11,17H,5-10,12-13H2,1H3,(H,21,23)/t17-/m1/s1. The van der Waals surface area contributed by atoms with E-state index in [0.717, 1.165) is 23.4 Å². The minimum Gasteiger partial charge on any atom is -0.497 e. The number of nitrogens with zero attached hydrogens (tertiary/aromatic N) is 2. The van der Waals surface area contributed by atoms with E-state index in [2.05, 4.69) is 10.5 Å². The van der Waals surface area contributed by atoms with E-state index in [1.807, 2.05) is 29.2 Å². The van der Waals surface area contributed by atoms with Gasteiger partial charge in [-0.25, -0.2) is 5.43 Å². The van der Waals surface area contributed by atoms with Crippen LogP contribution in [0.2, 0.25) is 0 Å². The predicted molar refractivity (Wildman–Crippen MR) is 97.1 cm³/mol. The number of hydrogen-bond donors (Lipinski definition) is 1. The molecule has 0 aromatic heterocycles. The van der Waals surface area contributed by atoms with Crippen molar-refractivity contribution in [3.63, 3.8) is 0 Å². The molecule has 3 rings (SSSR count). The molecular formula is C19H25N3O4. The first-order chi connectivity index (χ1) is 12.6. The second-order valence-corrected chi connectivity index (χ2v) is 6.60. The van der Waals surface area contributed by atoms with Crippen LogP contribution in [0.25, 0.3) is 0 Å². The molecule has 2 heterocycles. The lowest BCUT2D eigenvalue weighted by Crippen LogP contribution is -2.46. The Morgan fingerprint density at radius 3 is 3.08 bits per heavy atom. The van der Waals surface area contributed by atoms with E-state index < -0.39 is 0 Å². The number of amides is 2. The van der Waals surface area contributed by atoms with Gasteiger partial charge in [0, 0.05) is 38.1 Å². The lowest BCUT2D eigenvalue weighted by atomic mass is 10.0. The molecule has 0 bridgehead atoms. The molecule has 2 aliphatic heterocycles. The van der Waals surface area contributed by atoms with Crippen molar-refractivity contribution in [3.8, 4) is 5.75 Å². The lowest BCUT2D eigenvalue weighted by molar-refractivity contribution is -0.138. The number of rotatable bonds is 6. The van der Waals surface area contributed by atoms with Crippen molar-refractivity contribution in [1.29, 1.82) is 0 Å². The van der Waals surface area contributed by atoms with Gasteiger partial charge in [0.2, 0.25) is 11.8 Å². The minimum atomic E-state index is -0.0614. The maximum atomic E-state index is 12.5. The minimum absolute atomic E-state index is 0.00823. The molecule has 7 heteroatoms. The average Bonchev–Trinajstić information content (AvgIpc) is 2.67. The highest BCUT2D eigenvalue weighted by Crippen LogP contribution is 2.18. The topological polar surface area (TPSA) is 80.2 Å². The van der Waals surface area contributed by atoms with Gasteiger partial charge in [0.1, 0.15) is 5.75 Å². The second-order valence-electron chi connectivity index (χ2n) is 6.60. The fourth-order valence-electron chi connectivity index (χ4n) is 3.23. The molecule has 0 aliphatic carbocycles. The van der Waals surface area contributed by atoms with Crippen LogP contribution in [0.3, 0.4) is 0 Å². The summed E-state index contributed by atoms with van der Waals surface area (Å²) in [7, 11) is 1.65. The molecule has 140 valence electrons. The number of hydrazone groups is 1. The fraction of sp³-hybridized carbons (Fsp3) is 0.526. The van der Waals surface area contributed by atoms with Gasteiger partial charge >= 0.3 is 0 Å². The summed E-state index contributed by atoms with van der Waals surface area (Å²) in [4.78, 5) is 25.5. The maximum absolute atomic E-state index is 12.5. The van der Waals surface area contributed by atoms with Crippen LogP contribution >= 0.6 is 0 Å². The Morgan fingerprint density at radius 2 is 2.31 bits per heavy atom. The SMILES string of the molecule is COc1cccc(C[C@@H]2CN(C(=O)CCC3=NNC(=O)CC3)CCO2)c1. The van der Waals surface area contributed by atoms with E-state index in [0.29, 0.717) is 45.4 Å². The summed E-state index contributed by atoms with van der Waals surface area (Å²) in [5.74, 6) is 0.878. The van der Waals surface area contributed by atoms with Crippen LogP contribution in [0.15, 0.2) is 29.4 Å². The third-order valence-corrected chi connectivity index (χ3v) is 4.70. The van der Waals surface area contributed by atoms with Crippen molar-refractivity contribution in [2.75, 3.05) is 26.8 Å². The quantitative estimate of drug-likeness (QED) is 0.835. The number of carbonyl (C=O) groups is 2. The van der Waals surface area contributed by atoms with E-state index in [1.54, 1.807) is 7.11 Å². The molecule has 1 atom stereocenters. The highest BCUT2D eigenvalue weighted by atomic mass is 16.5. The highest BCUT2D eigenvalue weighted by Gasteiger charge is 2.25. The average molecular weight is 359 g/mol. The molecule has 1 fully saturated rings. The molecule has 0 unspecified atom stereocenters. The van der Waals surface area contributed by atoms with Gasteiger partial charge in [0.15, 0.2) is 0 Å². The monoisotopic (exact) mass is 359 g/mol. The van der Waals surface area contributed by atoms with Gasteiger partial charge in [-0.1, -0.05) is 12.1 Å².